The van der Waals surface area contributed by atoms with Gasteiger partial charge in [-0.3, -0.25) is 9.67 Å². The van der Waals surface area contributed by atoms with Crippen LogP contribution in [0.15, 0.2) is 49.1 Å². The Morgan fingerprint density at radius 1 is 1.06 bits per heavy atom. The fraction of sp³-hybridized carbons (Fsp3) is 0.360. The van der Waals surface area contributed by atoms with Crippen molar-refractivity contribution in [2.45, 2.75) is 46.6 Å². The van der Waals surface area contributed by atoms with Gasteiger partial charge in [-0.15, -0.1) is 0 Å². The second kappa shape index (κ2) is 7.91. The Hall–Kier alpha value is -3.02. The average Bonchev–Trinajstić information content (AvgIpc) is 3.31. The molecular weight excluding hydrogens is 394 g/mol. The molecule has 0 spiro atoms. The molecule has 3 heterocycles. The van der Waals surface area contributed by atoms with Gasteiger partial charge in [0.2, 0.25) is 0 Å². The second-order valence-electron chi connectivity index (χ2n) is 8.72. The molecule has 162 valence electrons. The molecule has 4 aromatic rings. The number of hydrogen-bond donors (Lipinski definition) is 0. The maximum atomic E-state index is 14.3. The Morgan fingerprint density at radius 2 is 1.77 bits per heavy atom. The number of nitrogens with zero attached hydrogens (tertiary/aromatic N) is 4. The van der Waals surface area contributed by atoms with E-state index in [1.807, 2.05) is 31.6 Å². The van der Waals surface area contributed by atoms with E-state index in [1.165, 1.54) is 16.7 Å². The summed E-state index contributed by atoms with van der Waals surface area (Å²) >= 11 is 0. The molecule has 0 N–H and O–H groups in total. The van der Waals surface area contributed by atoms with E-state index >= 15 is 0 Å². The van der Waals surface area contributed by atoms with E-state index in [-0.39, 0.29) is 6.54 Å². The van der Waals surface area contributed by atoms with Crippen LogP contribution in [0.1, 0.15) is 36.2 Å². The van der Waals surface area contributed by atoms with Crippen LogP contribution in [0.2, 0.25) is 0 Å². The third-order valence-corrected chi connectivity index (χ3v) is 6.08. The van der Waals surface area contributed by atoms with Gasteiger partial charge >= 0.3 is 0 Å². The summed E-state index contributed by atoms with van der Waals surface area (Å²) in [5.74, 6) is -3.47. The summed E-state index contributed by atoms with van der Waals surface area (Å²) in [6.45, 7) is 7.00. The normalized spacial score (nSPS) is 12.3. The maximum absolute atomic E-state index is 14.3. The predicted molar refractivity (Wildman–Crippen MR) is 120 cm³/mol. The zero-order chi connectivity index (χ0) is 22.3. The first-order valence-electron chi connectivity index (χ1n) is 10.6. The molecule has 31 heavy (non-hydrogen) atoms. The van der Waals surface area contributed by atoms with Crippen LogP contribution in [0.3, 0.4) is 0 Å². The molecule has 1 aromatic carbocycles. The van der Waals surface area contributed by atoms with E-state index in [0.717, 1.165) is 27.7 Å². The molecule has 0 aliphatic heterocycles. The van der Waals surface area contributed by atoms with Gasteiger partial charge in [0.05, 0.1) is 24.0 Å². The highest BCUT2D eigenvalue weighted by Crippen LogP contribution is 2.31. The Labute approximate surface area is 181 Å². The maximum Gasteiger partial charge on any atom is 0.267 e. The third kappa shape index (κ3) is 4.11. The highest BCUT2D eigenvalue weighted by Gasteiger charge is 2.34. The number of fused-ring (bicyclic) bond motifs is 1. The highest BCUT2D eigenvalue weighted by molar-refractivity contribution is 5.82. The molecule has 0 atom stereocenters. The van der Waals surface area contributed by atoms with Crippen LogP contribution in [-0.2, 0) is 20.0 Å². The first-order valence-corrected chi connectivity index (χ1v) is 10.6. The van der Waals surface area contributed by atoms with Crippen LogP contribution in [0.5, 0.6) is 0 Å². The van der Waals surface area contributed by atoms with E-state index in [4.69, 9.17) is 0 Å². The van der Waals surface area contributed by atoms with Crippen molar-refractivity contribution in [2.24, 2.45) is 13.0 Å². The molecule has 0 aliphatic carbocycles. The summed E-state index contributed by atoms with van der Waals surface area (Å²) in [6, 6.07) is 8.07. The van der Waals surface area contributed by atoms with Gasteiger partial charge in [-0.05, 0) is 48.2 Å². The van der Waals surface area contributed by atoms with Crippen molar-refractivity contribution >= 4 is 10.9 Å². The number of alkyl halides is 2. The number of aryl methyl sites for hydroxylation is 3. The zero-order valence-electron chi connectivity index (χ0n) is 18.7. The summed E-state index contributed by atoms with van der Waals surface area (Å²) < 4.78 is 32.1. The molecule has 0 saturated carbocycles. The van der Waals surface area contributed by atoms with Gasteiger partial charge in [0.15, 0.2) is 0 Å². The Morgan fingerprint density at radius 3 is 2.39 bits per heavy atom. The van der Waals surface area contributed by atoms with E-state index < -0.39 is 11.8 Å². The molecule has 4 rings (SSSR count). The molecule has 0 amide bonds. The van der Waals surface area contributed by atoms with Gasteiger partial charge in [-0.2, -0.15) is 5.10 Å². The molecule has 3 aromatic heterocycles. The lowest BCUT2D eigenvalue weighted by Gasteiger charge is -2.21. The fourth-order valence-electron chi connectivity index (χ4n) is 4.05. The summed E-state index contributed by atoms with van der Waals surface area (Å²) in [5.41, 5.74) is 7.51. The third-order valence-electron chi connectivity index (χ3n) is 6.08. The Kier molecular flexibility index (Phi) is 5.42. The fourth-order valence-corrected chi connectivity index (χ4v) is 4.05. The van der Waals surface area contributed by atoms with Gasteiger partial charge in [0.25, 0.3) is 5.92 Å². The van der Waals surface area contributed by atoms with Crippen molar-refractivity contribution in [3.05, 3.63) is 71.4 Å². The van der Waals surface area contributed by atoms with Gasteiger partial charge in [-0.1, -0.05) is 26.0 Å². The SMILES string of the molecule is Cc1cc(-c2cnn(C)c2)cc(C)c1Cc1nccc2c1ccn2CC(F)(F)C(C)C. The minimum atomic E-state index is -2.76. The summed E-state index contributed by atoms with van der Waals surface area (Å²) in [7, 11) is 1.91. The molecule has 0 bridgehead atoms. The number of halogens is 2. The number of pyridine rings is 1. The van der Waals surface area contributed by atoms with E-state index in [1.54, 1.807) is 35.5 Å². The van der Waals surface area contributed by atoms with Gasteiger partial charge < -0.3 is 4.57 Å². The van der Waals surface area contributed by atoms with Crippen LogP contribution in [-0.4, -0.2) is 25.3 Å². The monoisotopic (exact) mass is 422 g/mol. The predicted octanol–water partition coefficient (Wildman–Crippen LogP) is 5.94. The smallest absolute Gasteiger partial charge is 0.267 e. The largest absolute Gasteiger partial charge is 0.341 e. The number of hydrogen-bond acceptors (Lipinski definition) is 2. The van der Waals surface area contributed by atoms with Crippen LogP contribution in [0.25, 0.3) is 22.0 Å². The molecule has 6 heteroatoms. The lowest BCUT2D eigenvalue weighted by Crippen LogP contribution is -2.29. The number of aromatic nitrogens is 4. The van der Waals surface area contributed by atoms with Crippen LogP contribution in [0, 0.1) is 19.8 Å². The Bertz CT molecular complexity index is 1210. The Balaban J connectivity index is 1.68. The van der Waals surface area contributed by atoms with E-state index in [0.29, 0.717) is 6.42 Å². The van der Waals surface area contributed by atoms with Gasteiger partial charge in [0.1, 0.15) is 0 Å². The first-order chi connectivity index (χ1) is 14.7. The van der Waals surface area contributed by atoms with E-state index in [2.05, 4.69) is 36.1 Å². The van der Waals surface area contributed by atoms with E-state index in [9.17, 15) is 8.78 Å². The lowest BCUT2D eigenvalue weighted by atomic mass is 9.93. The molecular formula is C25H28F2N4. The summed E-state index contributed by atoms with van der Waals surface area (Å²) in [5, 5.41) is 5.19. The van der Waals surface area contributed by atoms with Crippen molar-refractivity contribution in [1.82, 2.24) is 19.3 Å². The second-order valence-corrected chi connectivity index (χ2v) is 8.72. The van der Waals surface area contributed by atoms with Crippen LogP contribution >= 0.6 is 0 Å². The van der Waals surface area contributed by atoms with Crippen molar-refractivity contribution in [3.8, 4) is 11.1 Å². The number of benzene rings is 1. The summed E-state index contributed by atoms with van der Waals surface area (Å²) in [6.07, 6.45) is 8.00. The average molecular weight is 423 g/mol. The standard InChI is InChI=1S/C25H28F2N4/c1-16(2)25(26,27)15-31-9-7-21-23(28-8-6-24(21)31)12-22-17(3)10-19(11-18(22)4)20-13-29-30(5)14-20/h6-11,13-14,16H,12,15H2,1-5H3. The minimum absolute atomic E-state index is 0.324. The lowest BCUT2D eigenvalue weighted by molar-refractivity contribution is -0.0587. The molecule has 0 aliphatic rings. The topological polar surface area (TPSA) is 35.6 Å². The molecule has 0 fully saturated rings. The summed E-state index contributed by atoms with van der Waals surface area (Å²) in [4.78, 5) is 4.60. The zero-order valence-corrected chi connectivity index (χ0v) is 18.7. The first kappa shape index (κ1) is 21.2. The van der Waals surface area contributed by atoms with Gasteiger partial charge in [0, 0.05) is 48.9 Å². The minimum Gasteiger partial charge on any atom is -0.341 e. The van der Waals surface area contributed by atoms with Gasteiger partial charge in [-0.25, -0.2) is 8.78 Å². The highest BCUT2D eigenvalue weighted by atomic mass is 19.3. The van der Waals surface area contributed by atoms with Crippen LogP contribution < -0.4 is 0 Å². The molecule has 0 saturated heterocycles. The molecule has 4 nitrogen and oxygen atoms in total. The quantitative estimate of drug-likeness (QED) is 0.386. The molecule has 0 radical (unpaired) electrons. The molecule has 0 unspecified atom stereocenters. The van der Waals surface area contributed by atoms with Crippen LogP contribution in [0.4, 0.5) is 8.78 Å². The number of rotatable bonds is 6. The van der Waals surface area contributed by atoms with Crippen molar-refractivity contribution in [2.75, 3.05) is 0 Å². The van der Waals surface area contributed by atoms with Crippen molar-refractivity contribution in [1.29, 1.82) is 0 Å². The van der Waals surface area contributed by atoms with Crippen molar-refractivity contribution in [3.63, 3.8) is 0 Å². The van der Waals surface area contributed by atoms with Crippen molar-refractivity contribution < 1.29 is 8.78 Å².